The molecule has 0 aliphatic rings. The Labute approximate surface area is 159 Å². The molecule has 0 aromatic heterocycles. The number of ether oxygens (including phenoxy) is 1. The highest BCUT2D eigenvalue weighted by molar-refractivity contribution is 5.45. The predicted octanol–water partition coefficient (Wildman–Crippen LogP) is 5.89. The van der Waals surface area contributed by atoms with Crippen molar-refractivity contribution >= 4 is 0 Å². The van der Waals surface area contributed by atoms with Crippen LogP contribution in [0.25, 0.3) is 0 Å². The van der Waals surface area contributed by atoms with Gasteiger partial charge >= 0.3 is 0 Å². The van der Waals surface area contributed by atoms with Gasteiger partial charge in [-0.25, -0.2) is 0 Å². The minimum absolute atomic E-state index is 0.0233. The number of rotatable bonds is 7. The molecule has 0 radical (unpaired) electrons. The van der Waals surface area contributed by atoms with Gasteiger partial charge in [-0.3, -0.25) is 0 Å². The van der Waals surface area contributed by atoms with Crippen molar-refractivity contribution in [2.45, 2.75) is 65.9 Å². The average molecular weight is 355 g/mol. The summed E-state index contributed by atoms with van der Waals surface area (Å²) >= 11 is 0. The van der Waals surface area contributed by atoms with Gasteiger partial charge in [0.1, 0.15) is 12.4 Å². The molecule has 0 heterocycles. The third-order valence-electron chi connectivity index (χ3n) is 5.66. The molecular weight excluding hydrogens is 320 g/mol. The van der Waals surface area contributed by atoms with Gasteiger partial charge in [0.25, 0.3) is 0 Å². The zero-order chi connectivity index (χ0) is 19.4. The molecule has 0 amide bonds. The Hall–Kier alpha value is -1.80. The fourth-order valence-electron chi connectivity index (χ4n) is 3.52. The van der Waals surface area contributed by atoms with E-state index in [-0.39, 0.29) is 10.8 Å². The van der Waals surface area contributed by atoms with Crippen LogP contribution in [0.5, 0.6) is 5.75 Å². The van der Waals surface area contributed by atoms with Crippen molar-refractivity contribution in [2.75, 3.05) is 6.61 Å². The molecule has 1 N–H and O–H groups in total. The maximum absolute atomic E-state index is 10.2. The summed E-state index contributed by atoms with van der Waals surface area (Å²) in [5.41, 5.74) is 3.65. The van der Waals surface area contributed by atoms with E-state index in [0.29, 0.717) is 6.61 Å². The zero-order valence-electron chi connectivity index (χ0n) is 17.2. The van der Waals surface area contributed by atoms with Crippen LogP contribution >= 0.6 is 0 Å². The second-order valence-corrected chi connectivity index (χ2v) is 8.33. The minimum atomic E-state index is -0.490. The van der Waals surface area contributed by atoms with E-state index in [1.54, 1.807) is 0 Å². The Morgan fingerprint density at radius 1 is 0.923 bits per heavy atom. The van der Waals surface area contributed by atoms with Crippen molar-refractivity contribution in [3.8, 4) is 5.75 Å². The summed E-state index contributed by atoms with van der Waals surface area (Å²) in [6.45, 7) is 13.0. The first kappa shape index (κ1) is 20.5. The topological polar surface area (TPSA) is 29.5 Å². The van der Waals surface area contributed by atoms with Crippen LogP contribution in [0.15, 0.2) is 48.5 Å². The Morgan fingerprint density at radius 3 is 2.04 bits per heavy atom. The second-order valence-electron chi connectivity index (χ2n) is 8.33. The molecule has 0 aliphatic carbocycles. The molecule has 1 unspecified atom stereocenters. The molecule has 1 atom stereocenters. The molecule has 0 bridgehead atoms. The lowest BCUT2D eigenvalue weighted by molar-refractivity contribution is 0.0216. The predicted molar refractivity (Wildman–Crippen MR) is 110 cm³/mol. The van der Waals surface area contributed by atoms with Crippen molar-refractivity contribution in [2.24, 2.45) is 5.41 Å². The van der Waals surface area contributed by atoms with Crippen molar-refractivity contribution in [1.29, 1.82) is 0 Å². The highest BCUT2D eigenvalue weighted by Gasteiger charge is 2.31. The number of aliphatic hydroxyl groups is 1. The van der Waals surface area contributed by atoms with E-state index in [1.807, 2.05) is 20.8 Å². The molecular formula is C24H34O2. The summed E-state index contributed by atoms with van der Waals surface area (Å²) in [7, 11) is 0. The summed E-state index contributed by atoms with van der Waals surface area (Å²) in [5, 5.41) is 10.2. The van der Waals surface area contributed by atoms with Gasteiger partial charge in [-0.05, 0) is 47.9 Å². The summed E-state index contributed by atoms with van der Waals surface area (Å²) in [6.07, 6.45) is 1.61. The summed E-state index contributed by atoms with van der Waals surface area (Å²) in [5.74, 6) is 0.853. The molecule has 2 heteroatoms. The fraction of sp³-hybridized carbons (Fsp3) is 0.500. The van der Waals surface area contributed by atoms with Gasteiger partial charge in [-0.15, -0.1) is 0 Å². The van der Waals surface area contributed by atoms with Crippen LogP contribution in [-0.4, -0.2) is 17.8 Å². The van der Waals surface area contributed by atoms with Gasteiger partial charge in [-0.1, -0.05) is 77.1 Å². The van der Waals surface area contributed by atoms with Gasteiger partial charge in [-0.2, -0.15) is 0 Å². The maximum Gasteiger partial charge on any atom is 0.122 e. The molecule has 0 aliphatic heterocycles. The van der Waals surface area contributed by atoms with Gasteiger partial charge in [0.15, 0.2) is 0 Å². The van der Waals surface area contributed by atoms with Crippen LogP contribution < -0.4 is 4.74 Å². The average Bonchev–Trinajstić information content (AvgIpc) is 2.62. The number of hydrogen-bond donors (Lipinski definition) is 1. The monoisotopic (exact) mass is 354 g/mol. The van der Waals surface area contributed by atoms with E-state index < -0.39 is 6.10 Å². The SMILES string of the molecule is CCC(CC)(c1ccccc1)c1ccc(OCC(O)C(C)(C)C)c(C)c1. The van der Waals surface area contributed by atoms with E-state index in [0.717, 1.165) is 24.2 Å². The Balaban J connectivity index is 2.29. The molecule has 0 saturated heterocycles. The summed E-state index contributed by atoms with van der Waals surface area (Å²) in [6, 6.07) is 17.3. The lowest BCUT2D eigenvalue weighted by atomic mass is 9.70. The Bertz CT molecular complexity index is 694. The molecule has 26 heavy (non-hydrogen) atoms. The van der Waals surface area contributed by atoms with E-state index in [2.05, 4.69) is 69.3 Å². The van der Waals surface area contributed by atoms with Crippen LogP contribution in [0.4, 0.5) is 0 Å². The minimum Gasteiger partial charge on any atom is -0.491 e. The number of benzene rings is 2. The third-order valence-corrected chi connectivity index (χ3v) is 5.66. The normalized spacial score (nSPS) is 13.5. The third kappa shape index (κ3) is 4.29. The first-order chi connectivity index (χ1) is 12.2. The standard InChI is InChI=1S/C24H34O2/c1-7-24(8-2,19-12-10-9-11-13-19)20-14-15-21(18(3)16-20)26-17-22(25)23(4,5)6/h9-16,22,25H,7-8,17H2,1-6H3. The molecule has 0 fully saturated rings. The number of aliphatic hydroxyl groups excluding tert-OH is 1. The highest BCUT2D eigenvalue weighted by Crippen LogP contribution is 2.40. The Morgan fingerprint density at radius 2 is 1.54 bits per heavy atom. The molecule has 2 aromatic rings. The Kier molecular flexibility index (Phi) is 6.52. The van der Waals surface area contributed by atoms with Crippen LogP contribution in [0.2, 0.25) is 0 Å². The smallest absolute Gasteiger partial charge is 0.122 e. The lowest BCUT2D eigenvalue weighted by Crippen LogP contribution is -2.32. The molecule has 2 aromatic carbocycles. The van der Waals surface area contributed by atoms with Crippen LogP contribution in [0.1, 0.15) is 64.2 Å². The summed E-state index contributed by atoms with van der Waals surface area (Å²) < 4.78 is 5.92. The first-order valence-electron chi connectivity index (χ1n) is 9.72. The maximum atomic E-state index is 10.2. The molecule has 2 nitrogen and oxygen atoms in total. The lowest BCUT2D eigenvalue weighted by Gasteiger charge is -2.34. The quantitative estimate of drug-likeness (QED) is 0.672. The van der Waals surface area contributed by atoms with E-state index >= 15 is 0 Å². The molecule has 2 rings (SSSR count). The largest absolute Gasteiger partial charge is 0.491 e. The van der Waals surface area contributed by atoms with E-state index in [4.69, 9.17) is 4.74 Å². The van der Waals surface area contributed by atoms with Crippen molar-refractivity contribution in [1.82, 2.24) is 0 Å². The molecule has 142 valence electrons. The number of hydrogen-bond acceptors (Lipinski definition) is 2. The zero-order valence-corrected chi connectivity index (χ0v) is 17.2. The van der Waals surface area contributed by atoms with Gasteiger partial charge in [0.2, 0.25) is 0 Å². The van der Waals surface area contributed by atoms with E-state index in [1.165, 1.54) is 11.1 Å². The number of aryl methyl sites for hydroxylation is 1. The fourth-order valence-corrected chi connectivity index (χ4v) is 3.52. The molecule has 0 spiro atoms. The van der Waals surface area contributed by atoms with Crippen molar-refractivity contribution in [3.05, 3.63) is 65.2 Å². The van der Waals surface area contributed by atoms with Gasteiger partial charge < -0.3 is 9.84 Å². The van der Waals surface area contributed by atoms with Crippen LogP contribution in [-0.2, 0) is 5.41 Å². The molecule has 0 saturated carbocycles. The van der Waals surface area contributed by atoms with Crippen LogP contribution in [0.3, 0.4) is 0 Å². The first-order valence-corrected chi connectivity index (χ1v) is 9.72. The van der Waals surface area contributed by atoms with Crippen LogP contribution in [0, 0.1) is 12.3 Å². The second kappa shape index (κ2) is 8.26. The van der Waals surface area contributed by atoms with Crippen molar-refractivity contribution < 1.29 is 9.84 Å². The van der Waals surface area contributed by atoms with E-state index in [9.17, 15) is 5.11 Å². The van der Waals surface area contributed by atoms with Gasteiger partial charge in [0, 0.05) is 5.41 Å². The summed E-state index contributed by atoms with van der Waals surface area (Å²) in [4.78, 5) is 0. The van der Waals surface area contributed by atoms with Gasteiger partial charge in [0.05, 0.1) is 6.10 Å². The van der Waals surface area contributed by atoms with Crippen molar-refractivity contribution in [3.63, 3.8) is 0 Å². The highest BCUT2D eigenvalue weighted by atomic mass is 16.5.